The first-order chi connectivity index (χ1) is 9.59. The fourth-order valence-corrected chi connectivity index (χ4v) is 1.67. The van der Waals surface area contributed by atoms with E-state index in [1.807, 2.05) is 30.3 Å². The number of carboxylic acids is 1. The number of carbonyl (C=O) groups is 2. The third-order valence-electron chi connectivity index (χ3n) is 2.88. The minimum Gasteiger partial charge on any atom is -0.481 e. The van der Waals surface area contributed by atoms with Crippen LogP contribution in [0.1, 0.15) is 24.8 Å². The molecule has 0 aliphatic rings. The summed E-state index contributed by atoms with van der Waals surface area (Å²) in [5.74, 6) is -0.939. The minimum absolute atomic E-state index is 0.0211. The molecular weight excluding hydrogens is 258 g/mol. The maximum absolute atomic E-state index is 11.7. The molecule has 0 radical (unpaired) electrons. The van der Waals surface area contributed by atoms with Gasteiger partial charge in [-0.25, -0.2) is 0 Å². The summed E-state index contributed by atoms with van der Waals surface area (Å²) < 4.78 is 5.48. The number of benzene rings is 1. The molecule has 1 N–H and O–H groups in total. The van der Waals surface area contributed by atoms with Crippen LogP contribution in [-0.4, -0.2) is 42.1 Å². The van der Waals surface area contributed by atoms with Crippen LogP contribution in [0.2, 0.25) is 0 Å². The Morgan fingerprint density at radius 3 is 2.55 bits per heavy atom. The summed E-state index contributed by atoms with van der Waals surface area (Å²) in [6, 6.07) is 9.85. The largest absolute Gasteiger partial charge is 0.481 e. The van der Waals surface area contributed by atoms with Gasteiger partial charge in [0.05, 0.1) is 13.0 Å². The van der Waals surface area contributed by atoms with Crippen LogP contribution in [0.15, 0.2) is 30.3 Å². The van der Waals surface area contributed by atoms with Crippen LogP contribution in [0, 0.1) is 0 Å². The van der Waals surface area contributed by atoms with Crippen molar-refractivity contribution in [3.8, 4) is 0 Å². The smallest absolute Gasteiger partial charge is 0.305 e. The van der Waals surface area contributed by atoms with Gasteiger partial charge in [0, 0.05) is 26.6 Å². The molecule has 0 aliphatic heterocycles. The highest BCUT2D eigenvalue weighted by Gasteiger charge is 2.09. The van der Waals surface area contributed by atoms with E-state index in [1.165, 1.54) is 4.90 Å². The zero-order valence-corrected chi connectivity index (χ0v) is 11.7. The van der Waals surface area contributed by atoms with Gasteiger partial charge in [-0.2, -0.15) is 0 Å². The molecule has 0 bridgehead atoms. The highest BCUT2D eigenvalue weighted by atomic mass is 16.5. The van der Waals surface area contributed by atoms with Crippen molar-refractivity contribution in [2.75, 3.05) is 20.2 Å². The molecule has 0 spiro atoms. The van der Waals surface area contributed by atoms with Gasteiger partial charge in [-0.3, -0.25) is 9.59 Å². The highest BCUT2D eigenvalue weighted by molar-refractivity contribution is 5.76. The lowest BCUT2D eigenvalue weighted by Crippen LogP contribution is -2.29. The zero-order valence-electron chi connectivity index (χ0n) is 11.7. The molecular formula is C15H21NO4. The molecule has 0 atom stereocenters. The van der Waals surface area contributed by atoms with E-state index in [-0.39, 0.29) is 18.9 Å². The van der Waals surface area contributed by atoms with Crippen molar-refractivity contribution >= 4 is 11.9 Å². The van der Waals surface area contributed by atoms with Gasteiger partial charge in [0.15, 0.2) is 0 Å². The average molecular weight is 279 g/mol. The Hall–Kier alpha value is -1.88. The zero-order chi connectivity index (χ0) is 14.8. The van der Waals surface area contributed by atoms with Gasteiger partial charge in [-0.05, 0) is 12.0 Å². The molecule has 0 aliphatic carbocycles. The van der Waals surface area contributed by atoms with Crippen molar-refractivity contribution in [3.05, 3.63) is 35.9 Å². The van der Waals surface area contributed by atoms with E-state index in [4.69, 9.17) is 9.84 Å². The first kappa shape index (κ1) is 16.2. The van der Waals surface area contributed by atoms with Crippen molar-refractivity contribution in [1.82, 2.24) is 4.90 Å². The number of amides is 1. The van der Waals surface area contributed by atoms with Crippen LogP contribution in [-0.2, 0) is 20.9 Å². The van der Waals surface area contributed by atoms with Crippen molar-refractivity contribution in [2.24, 2.45) is 0 Å². The number of hydrogen-bond acceptors (Lipinski definition) is 3. The third kappa shape index (κ3) is 6.89. The summed E-state index contributed by atoms with van der Waals surface area (Å²) in [4.78, 5) is 23.5. The quantitative estimate of drug-likeness (QED) is 0.701. The average Bonchev–Trinajstić information content (AvgIpc) is 2.45. The Morgan fingerprint density at radius 1 is 1.20 bits per heavy atom. The van der Waals surface area contributed by atoms with E-state index in [2.05, 4.69) is 0 Å². The van der Waals surface area contributed by atoms with Gasteiger partial charge in [0.25, 0.3) is 0 Å². The second-order valence-corrected chi connectivity index (χ2v) is 4.60. The number of hydrogen-bond donors (Lipinski definition) is 1. The fraction of sp³-hybridized carbons (Fsp3) is 0.467. The molecule has 0 heterocycles. The normalized spacial score (nSPS) is 10.2. The van der Waals surface area contributed by atoms with Crippen LogP contribution in [0.25, 0.3) is 0 Å². The minimum atomic E-state index is -0.893. The summed E-state index contributed by atoms with van der Waals surface area (Å²) in [6.07, 6.45) is 1.00. The summed E-state index contributed by atoms with van der Waals surface area (Å²) in [5.41, 5.74) is 1.11. The van der Waals surface area contributed by atoms with Crippen molar-refractivity contribution in [2.45, 2.75) is 25.9 Å². The lowest BCUT2D eigenvalue weighted by atomic mass is 10.2. The fourth-order valence-electron chi connectivity index (χ4n) is 1.67. The van der Waals surface area contributed by atoms with Crippen molar-refractivity contribution in [1.29, 1.82) is 0 Å². The Balaban J connectivity index is 2.08. The van der Waals surface area contributed by atoms with Crippen molar-refractivity contribution in [3.63, 3.8) is 0 Å². The van der Waals surface area contributed by atoms with E-state index < -0.39 is 5.97 Å². The van der Waals surface area contributed by atoms with Gasteiger partial charge >= 0.3 is 5.97 Å². The molecule has 1 amide bonds. The molecule has 110 valence electrons. The number of carbonyl (C=O) groups excluding carboxylic acids is 1. The van der Waals surface area contributed by atoms with E-state index in [1.54, 1.807) is 7.05 Å². The molecule has 1 rings (SSSR count). The van der Waals surface area contributed by atoms with Crippen LogP contribution in [0.3, 0.4) is 0 Å². The van der Waals surface area contributed by atoms with Crippen LogP contribution in [0.5, 0.6) is 0 Å². The van der Waals surface area contributed by atoms with E-state index in [0.717, 1.165) is 5.56 Å². The summed E-state index contributed by atoms with van der Waals surface area (Å²) in [5, 5.41) is 8.54. The lowest BCUT2D eigenvalue weighted by Gasteiger charge is -2.15. The van der Waals surface area contributed by atoms with Crippen LogP contribution < -0.4 is 0 Å². The second kappa shape index (κ2) is 9.09. The molecule has 1 aromatic carbocycles. The molecule has 20 heavy (non-hydrogen) atoms. The van der Waals surface area contributed by atoms with Gasteiger partial charge in [0.1, 0.15) is 0 Å². The first-order valence-corrected chi connectivity index (χ1v) is 6.67. The Labute approximate surface area is 119 Å². The predicted molar refractivity (Wildman–Crippen MR) is 75.2 cm³/mol. The van der Waals surface area contributed by atoms with Crippen LogP contribution in [0.4, 0.5) is 0 Å². The lowest BCUT2D eigenvalue weighted by molar-refractivity contribution is -0.138. The molecule has 5 nitrogen and oxygen atoms in total. The number of aliphatic carboxylic acids is 1. The highest BCUT2D eigenvalue weighted by Crippen LogP contribution is 2.02. The predicted octanol–water partition coefficient (Wildman–Crippen LogP) is 1.92. The van der Waals surface area contributed by atoms with E-state index >= 15 is 0 Å². The molecule has 5 heteroatoms. The second-order valence-electron chi connectivity index (χ2n) is 4.60. The summed E-state index contributed by atoms with van der Waals surface area (Å²) >= 11 is 0. The maximum Gasteiger partial charge on any atom is 0.305 e. The Kier molecular flexibility index (Phi) is 7.35. The number of rotatable bonds is 9. The topological polar surface area (TPSA) is 66.8 Å². The number of ether oxygens (including phenoxy) is 1. The monoisotopic (exact) mass is 279 g/mol. The summed E-state index contributed by atoms with van der Waals surface area (Å²) in [7, 11) is 1.62. The summed E-state index contributed by atoms with van der Waals surface area (Å²) in [6.45, 7) is 1.32. The molecule has 0 fully saturated rings. The van der Waals surface area contributed by atoms with Crippen molar-refractivity contribution < 1.29 is 19.4 Å². The van der Waals surface area contributed by atoms with Gasteiger partial charge in [-0.15, -0.1) is 0 Å². The Bertz CT molecular complexity index is 419. The number of carboxylic acid groups (broad SMARTS) is 1. The standard InChI is InChI=1S/C15H21NO4/c1-16(10-9-15(18)19)14(17)8-5-11-20-12-13-6-3-2-4-7-13/h2-4,6-7H,5,8-12H2,1H3,(H,18,19). The van der Waals surface area contributed by atoms with Gasteiger partial charge in [0.2, 0.25) is 5.91 Å². The molecule has 0 saturated heterocycles. The number of nitrogens with zero attached hydrogens (tertiary/aromatic N) is 1. The molecule has 1 aromatic rings. The molecule has 0 aromatic heterocycles. The maximum atomic E-state index is 11.7. The third-order valence-corrected chi connectivity index (χ3v) is 2.88. The molecule has 0 saturated carbocycles. The first-order valence-electron chi connectivity index (χ1n) is 6.67. The van der Waals surface area contributed by atoms with E-state index in [0.29, 0.717) is 26.1 Å². The molecule has 0 unspecified atom stereocenters. The SMILES string of the molecule is CN(CCC(=O)O)C(=O)CCCOCc1ccccc1. The van der Waals surface area contributed by atoms with Gasteiger partial charge in [-0.1, -0.05) is 30.3 Å². The Morgan fingerprint density at radius 2 is 1.90 bits per heavy atom. The van der Waals surface area contributed by atoms with E-state index in [9.17, 15) is 9.59 Å². The van der Waals surface area contributed by atoms with Crippen LogP contribution >= 0.6 is 0 Å². The van der Waals surface area contributed by atoms with Gasteiger partial charge < -0.3 is 14.7 Å².